The van der Waals surface area contributed by atoms with Crippen LogP contribution in [-0.2, 0) is 0 Å². The summed E-state index contributed by atoms with van der Waals surface area (Å²) >= 11 is 6.89. The first kappa shape index (κ1) is 15.3. The first-order valence-corrected chi connectivity index (χ1v) is 7.80. The van der Waals surface area contributed by atoms with Crippen molar-refractivity contribution in [1.82, 2.24) is 4.98 Å². The van der Waals surface area contributed by atoms with E-state index in [2.05, 4.69) is 62.9 Å². The van der Waals surface area contributed by atoms with Gasteiger partial charge in [-0.3, -0.25) is 0 Å². The molecule has 1 N–H and O–H groups in total. The number of ether oxygens (including phenoxy) is 1. The maximum absolute atomic E-state index is 5.80. The highest BCUT2D eigenvalue weighted by Crippen LogP contribution is 2.31. The van der Waals surface area contributed by atoms with Crippen molar-refractivity contribution in [2.24, 2.45) is 0 Å². The van der Waals surface area contributed by atoms with Gasteiger partial charge in [-0.2, -0.15) is 4.98 Å². The second kappa shape index (κ2) is 6.14. The van der Waals surface area contributed by atoms with Crippen LogP contribution in [0.4, 0.5) is 5.82 Å². The fourth-order valence-electron chi connectivity index (χ4n) is 1.60. The van der Waals surface area contributed by atoms with Crippen LogP contribution >= 0.6 is 31.9 Å². The van der Waals surface area contributed by atoms with Crippen LogP contribution in [-0.4, -0.2) is 10.5 Å². The molecule has 0 bridgehead atoms. The molecule has 0 amide bonds. The van der Waals surface area contributed by atoms with Gasteiger partial charge in [0.15, 0.2) is 0 Å². The van der Waals surface area contributed by atoms with E-state index >= 15 is 0 Å². The zero-order valence-electron chi connectivity index (χ0n) is 11.6. The predicted octanol–water partition coefficient (Wildman–Crippen LogP) is 5.61. The first-order valence-electron chi connectivity index (χ1n) is 6.22. The summed E-state index contributed by atoms with van der Waals surface area (Å²) in [6.45, 7) is 6.27. The molecule has 1 aromatic heterocycles. The lowest BCUT2D eigenvalue weighted by Crippen LogP contribution is -2.26. The molecule has 0 aliphatic carbocycles. The van der Waals surface area contributed by atoms with Gasteiger partial charge in [0.25, 0.3) is 0 Å². The molecule has 0 aliphatic rings. The molecule has 0 saturated heterocycles. The summed E-state index contributed by atoms with van der Waals surface area (Å²) in [5, 5.41) is 3.32. The van der Waals surface area contributed by atoms with Gasteiger partial charge in [-0.25, -0.2) is 0 Å². The molecule has 0 atom stereocenters. The van der Waals surface area contributed by atoms with Crippen LogP contribution in [0.25, 0.3) is 0 Å². The van der Waals surface area contributed by atoms with E-state index in [1.54, 1.807) is 0 Å². The molecule has 106 valence electrons. The number of nitrogens with one attached hydrogen (secondary N) is 1. The van der Waals surface area contributed by atoms with Gasteiger partial charge < -0.3 is 10.1 Å². The minimum Gasteiger partial charge on any atom is -0.438 e. The van der Waals surface area contributed by atoms with E-state index in [1.165, 1.54) is 0 Å². The number of benzene rings is 1. The van der Waals surface area contributed by atoms with E-state index in [4.69, 9.17) is 4.74 Å². The van der Waals surface area contributed by atoms with Crippen molar-refractivity contribution in [2.45, 2.75) is 26.3 Å². The Morgan fingerprint density at radius 1 is 1.10 bits per heavy atom. The van der Waals surface area contributed by atoms with Crippen LogP contribution < -0.4 is 10.1 Å². The second-order valence-electron chi connectivity index (χ2n) is 5.41. The maximum Gasteiger partial charge on any atom is 0.221 e. The van der Waals surface area contributed by atoms with E-state index in [1.807, 2.05) is 36.4 Å². The summed E-state index contributed by atoms with van der Waals surface area (Å²) in [5.41, 5.74) is -0.0379. The van der Waals surface area contributed by atoms with Crippen molar-refractivity contribution in [3.05, 3.63) is 45.3 Å². The SMILES string of the molecule is CC(C)(C)Nc1cccc(Oc2ccc(Br)cc2Br)n1. The number of pyridine rings is 1. The molecule has 1 heterocycles. The third-order valence-corrected chi connectivity index (χ3v) is 3.45. The fourth-order valence-corrected chi connectivity index (χ4v) is 2.72. The molecule has 0 saturated carbocycles. The molecular weight excluding hydrogens is 384 g/mol. The summed E-state index contributed by atoms with van der Waals surface area (Å²) in [5.74, 6) is 2.08. The normalized spacial score (nSPS) is 11.2. The minimum atomic E-state index is -0.0379. The number of hydrogen-bond acceptors (Lipinski definition) is 3. The first-order chi connectivity index (χ1) is 9.33. The van der Waals surface area contributed by atoms with E-state index in [0.29, 0.717) is 5.88 Å². The summed E-state index contributed by atoms with van der Waals surface area (Å²) in [6, 6.07) is 11.4. The molecule has 0 radical (unpaired) electrons. The molecule has 1 aromatic carbocycles. The Hall–Kier alpha value is -1.07. The second-order valence-corrected chi connectivity index (χ2v) is 7.18. The fraction of sp³-hybridized carbons (Fsp3) is 0.267. The molecular formula is C15H16Br2N2O. The van der Waals surface area contributed by atoms with Gasteiger partial charge in [-0.1, -0.05) is 22.0 Å². The van der Waals surface area contributed by atoms with Gasteiger partial charge in [0, 0.05) is 16.1 Å². The van der Waals surface area contributed by atoms with Crippen LogP contribution in [0.3, 0.4) is 0 Å². The average molecular weight is 400 g/mol. The van der Waals surface area contributed by atoms with Gasteiger partial charge in [-0.05, 0) is 61.0 Å². The van der Waals surface area contributed by atoms with Crippen molar-refractivity contribution < 1.29 is 4.74 Å². The van der Waals surface area contributed by atoms with Gasteiger partial charge in [-0.15, -0.1) is 0 Å². The van der Waals surface area contributed by atoms with Crippen LogP contribution in [0.1, 0.15) is 20.8 Å². The highest BCUT2D eigenvalue weighted by molar-refractivity contribution is 9.11. The highest BCUT2D eigenvalue weighted by Gasteiger charge is 2.11. The Labute approximate surface area is 136 Å². The molecule has 20 heavy (non-hydrogen) atoms. The molecule has 0 spiro atoms. The standard InChI is InChI=1S/C15H16Br2N2O/c1-15(2,3)19-13-5-4-6-14(18-13)20-12-8-7-10(16)9-11(12)17/h4-9H,1-3H3,(H,18,19). The Morgan fingerprint density at radius 2 is 1.85 bits per heavy atom. The highest BCUT2D eigenvalue weighted by atomic mass is 79.9. The Balaban J connectivity index is 2.19. The average Bonchev–Trinajstić information content (AvgIpc) is 2.31. The molecule has 2 aromatic rings. The van der Waals surface area contributed by atoms with E-state index in [0.717, 1.165) is 20.5 Å². The van der Waals surface area contributed by atoms with Gasteiger partial charge in [0.05, 0.1) is 4.47 Å². The van der Waals surface area contributed by atoms with Crippen LogP contribution in [0.2, 0.25) is 0 Å². The number of aromatic nitrogens is 1. The van der Waals surface area contributed by atoms with Crippen molar-refractivity contribution in [3.63, 3.8) is 0 Å². The maximum atomic E-state index is 5.80. The lowest BCUT2D eigenvalue weighted by molar-refractivity contribution is 0.460. The molecule has 0 aliphatic heterocycles. The lowest BCUT2D eigenvalue weighted by atomic mass is 10.1. The van der Waals surface area contributed by atoms with Gasteiger partial charge in [0.2, 0.25) is 5.88 Å². The molecule has 0 fully saturated rings. The number of nitrogens with zero attached hydrogens (tertiary/aromatic N) is 1. The van der Waals surface area contributed by atoms with Crippen LogP contribution in [0.5, 0.6) is 11.6 Å². The summed E-state index contributed by atoms with van der Waals surface area (Å²) < 4.78 is 7.67. The summed E-state index contributed by atoms with van der Waals surface area (Å²) in [7, 11) is 0. The van der Waals surface area contributed by atoms with E-state index < -0.39 is 0 Å². The zero-order chi connectivity index (χ0) is 14.8. The third kappa shape index (κ3) is 4.49. The Morgan fingerprint density at radius 3 is 2.50 bits per heavy atom. The number of hydrogen-bond donors (Lipinski definition) is 1. The van der Waals surface area contributed by atoms with Gasteiger partial charge >= 0.3 is 0 Å². The van der Waals surface area contributed by atoms with Crippen molar-refractivity contribution in [3.8, 4) is 11.6 Å². The van der Waals surface area contributed by atoms with Crippen molar-refractivity contribution >= 4 is 37.7 Å². The smallest absolute Gasteiger partial charge is 0.221 e. The number of anilines is 1. The third-order valence-electron chi connectivity index (χ3n) is 2.34. The molecule has 5 heteroatoms. The molecule has 3 nitrogen and oxygen atoms in total. The monoisotopic (exact) mass is 398 g/mol. The topological polar surface area (TPSA) is 34.1 Å². The van der Waals surface area contributed by atoms with Gasteiger partial charge in [0.1, 0.15) is 11.6 Å². The zero-order valence-corrected chi connectivity index (χ0v) is 14.7. The Bertz CT molecular complexity index is 609. The Kier molecular flexibility index (Phi) is 4.70. The predicted molar refractivity (Wildman–Crippen MR) is 89.5 cm³/mol. The molecule has 2 rings (SSSR count). The largest absolute Gasteiger partial charge is 0.438 e. The number of halogens is 2. The summed E-state index contributed by atoms with van der Waals surface area (Å²) in [4.78, 5) is 4.45. The van der Waals surface area contributed by atoms with Crippen molar-refractivity contribution in [1.29, 1.82) is 0 Å². The van der Waals surface area contributed by atoms with E-state index in [-0.39, 0.29) is 5.54 Å². The molecule has 0 unspecified atom stereocenters. The summed E-state index contributed by atoms with van der Waals surface area (Å²) in [6.07, 6.45) is 0. The number of rotatable bonds is 3. The minimum absolute atomic E-state index is 0.0379. The quantitative estimate of drug-likeness (QED) is 0.728. The van der Waals surface area contributed by atoms with Crippen LogP contribution in [0.15, 0.2) is 45.3 Å². The lowest BCUT2D eigenvalue weighted by Gasteiger charge is -2.21. The van der Waals surface area contributed by atoms with Crippen LogP contribution in [0, 0.1) is 0 Å². The van der Waals surface area contributed by atoms with Crippen molar-refractivity contribution in [2.75, 3.05) is 5.32 Å². The van der Waals surface area contributed by atoms with E-state index in [9.17, 15) is 0 Å².